The molecule has 0 saturated heterocycles. The number of anilines is 1. The quantitative estimate of drug-likeness (QED) is 0.275. The van der Waals surface area contributed by atoms with Crippen LogP contribution in [0.25, 0.3) is 20.8 Å². The average Bonchev–Trinajstić information content (AvgIpc) is 3.49. The maximum absolute atomic E-state index is 13.3. The third-order valence-electron chi connectivity index (χ3n) is 6.43. The fraction of sp³-hybridized carbons (Fsp3) is 0.138. The summed E-state index contributed by atoms with van der Waals surface area (Å²) < 4.78 is 1.14. The lowest BCUT2D eigenvalue weighted by molar-refractivity contribution is 0.102. The highest BCUT2D eigenvalue weighted by molar-refractivity contribution is 7.23. The van der Waals surface area contributed by atoms with Crippen LogP contribution < -0.4 is 5.32 Å². The predicted octanol–water partition coefficient (Wildman–Crippen LogP) is 6.50. The average molecular weight is 510 g/mol. The van der Waals surface area contributed by atoms with E-state index in [1.807, 2.05) is 36.4 Å². The fourth-order valence-electron chi connectivity index (χ4n) is 4.53. The van der Waals surface area contributed by atoms with Crippen LogP contribution in [0.4, 0.5) is 5.00 Å². The van der Waals surface area contributed by atoms with Crippen molar-refractivity contribution >= 4 is 49.6 Å². The number of nitrogens with zero attached hydrogens (tertiary/aromatic N) is 2. The van der Waals surface area contributed by atoms with Gasteiger partial charge in [0.05, 0.1) is 10.2 Å². The molecule has 36 heavy (non-hydrogen) atoms. The van der Waals surface area contributed by atoms with Crippen LogP contribution in [0.3, 0.4) is 0 Å². The van der Waals surface area contributed by atoms with Gasteiger partial charge in [0.15, 0.2) is 5.78 Å². The van der Waals surface area contributed by atoms with Gasteiger partial charge in [0.2, 0.25) is 0 Å². The molecule has 5 aromatic rings. The normalized spacial score (nSPS) is 13.5. The molecule has 0 fully saturated rings. The molecule has 5 nitrogen and oxygen atoms in total. The van der Waals surface area contributed by atoms with Crippen LogP contribution in [0.15, 0.2) is 78.9 Å². The van der Waals surface area contributed by atoms with E-state index in [1.165, 1.54) is 10.4 Å². The van der Waals surface area contributed by atoms with Gasteiger partial charge in [0.1, 0.15) is 10.0 Å². The number of amides is 1. The Morgan fingerprint density at radius 1 is 0.861 bits per heavy atom. The lowest BCUT2D eigenvalue weighted by Gasteiger charge is -2.22. The lowest BCUT2D eigenvalue weighted by Crippen LogP contribution is -2.25. The van der Waals surface area contributed by atoms with Gasteiger partial charge in [0, 0.05) is 40.2 Å². The highest BCUT2D eigenvalue weighted by atomic mass is 32.1. The van der Waals surface area contributed by atoms with Crippen LogP contribution >= 0.6 is 22.7 Å². The molecule has 3 aromatic carbocycles. The third-order valence-corrected chi connectivity index (χ3v) is 8.61. The van der Waals surface area contributed by atoms with Crippen LogP contribution in [0.1, 0.15) is 36.7 Å². The Balaban J connectivity index is 1.31. The van der Waals surface area contributed by atoms with E-state index in [4.69, 9.17) is 4.98 Å². The highest BCUT2D eigenvalue weighted by Gasteiger charge is 2.27. The molecule has 0 aliphatic carbocycles. The molecule has 1 amide bonds. The van der Waals surface area contributed by atoms with Crippen LogP contribution in [0.2, 0.25) is 0 Å². The van der Waals surface area contributed by atoms with Gasteiger partial charge in [0.25, 0.3) is 5.91 Å². The Morgan fingerprint density at radius 2 is 1.56 bits per heavy atom. The molecule has 178 valence electrons. The summed E-state index contributed by atoms with van der Waals surface area (Å²) in [6.07, 6.45) is 0.930. The van der Waals surface area contributed by atoms with Gasteiger partial charge in [-0.05, 0) is 43.3 Å². The molecule has 3 heterocycles. The molecule has 6 rings (SSSR count). The zero-order valence-corrected chi connectivity index (χ0v) is 21.3. The van der Waals surface area contributed by atoms with E-state index in [9.17, 15) is 9.59 Å². The molecule has 0 bridgehead atoms. The lowest BCUT2D eigenvalue weighted by atomic mass is 10.0. The van der Waals surface area contributed by atoms with Crippen molar-refractivity contribution in [3.8, 4) is 10.6 Å². The summed E-state index contributed by atoms with van der Waals surface area (Å²) in [7, 11) is 2.12. The van der Waals surface area contributed by atoms with Gasteiger partial charge < -0.3 is 10.2 Å². The molecular formula is C29H23N3O2S2. The van der Waals surface area contributed by atoms with Crippen LogP contribution in [-0.2, 0) is 13.0 Å². The number of carbonyl (C=O) groups excluding carboxylic acids is 2. The summed E-state index contributed by atoms with van der Waals surface area (Å²) >= 11 is 3.30. The first kappa shape index (κ1) is 22.8. The van der Waals surface area contributed by atoms with E-state index in [2.05, 4.69) is 23.3 Å². The molecule has 1 aliphatic rings. The summed E-state index contributed by atoms with van der Waals surface area (Å²) in [5.41, 5.74) is 5.01. The maximum atomic E-state index is 13.3. The minimum atomic E-state index is -0.192. The summed E-state index contributed by atoms with van der Waals surface area (Å²) in [6, 6.07) is 24.1. The topological polar surface area (TPSA) is 62.3 Å². The van der Waals surface area contributed by atoms with Crippen molar-refractivity contribution < 1.29 is 9.59 Å². The van der Waals surface area contributed by atoms with Gasteiger partial charge in [-0.25, -0.2) is 4.98 Å². The van der Waals surface area contributed by atoms with Gasteiger partial charge in [-0.2, -0.15) is 0 Å². The van der Waals surface area contributed by atoms with Crippen molar-refractivity contribution in [3.63, 3.8) is 0 Å². The number of hydrogen-bond acceptors (Lipinski definition) is 6. The Bertz CT molecular complexity index is 1550. The molecule has 0 spiro atoms. The third kappa shape index (κ3) is 4.26. The molecule has 7 heteroatoms. The summed E-state index contributed by atoms with van der Waals surface area (Å²) in [5, 5.41) is 4.94. The molecule has 0 saturated carbocycles. The first-order chi connectivity index (χ1) is 17.6. The number of benzene rings is 3. The molecule has 0 unspecified atom stereocenters. The Hall–Kier alpha value is -3.65. The summed E-state index contributed by atoms with van der Waals surface area (Å²) in [5.74, 6) is -0.251. The van der Waals surface area contributed by atoms with E-state index < -0.39 is 0 Å². The zero-order chi connectivity index (χ0) is 24.6. The Morgan fingerprint density at radius 3 is 2.33 bits per heavy atom. The number of ketones is 1. The highest BCUT2D eigenvalue weighted by Crippen LogP contribution is 2.45. The van der Waals surface area contributed by atoms with E-state index in [1.54, 1.807) is 59.1 Å². The largest absolute Gasteiger partial charge is 0.313 e. The van der Waals surface area contributed by atoms with Gasteiger partial charge in [-0.3, -0.25) is 9.59 Å². The monoisotopic (exact) mass is 509 g/mol. The second-order valence-corrected chi connectivity index (χ2v) is 11.0. The minimum Gasteiger partial charge on any atom is -0.313 e. The van der Waals surface area contributed by atoms with Crippen molar-refractivity contribution in [3.05, 3.63) is 106 Å². The van der Waals surface area contributed by atoms with E-state index in [0.717, 1.165) is 45.3 Å². The first-order valence-corrected chi connectivity index (χ1v) is 13.4. The molecule has 0 radical (unpaired) electrons. The van der Waals surface area contributed by atoms with E-state index >= 15 is 0 Å². The molecule has 1 N–H and O–H groups in total. The van der Waals surface area contributed by atoms with E-state index in [-0.39, 0.29) is 11.7 Å². The fourth-order valence-corrected chi connectivity index (χ4v) is 6.96. The minimum absolute atomic E-state index is 0.0595. The molecule has 1 aliphatic heterocycles. The number of thiophene rings is 1. The predicted molar refractivity (Wildman–Crippen MR) is 147 cm³/mol. The Labute approximate surface area is 217 Å². The van der Waals surface area contributed by atoms with Crippen molar-refractivity contribution in [1.29, 1.82) is 0 Å². The number of likely N-dealkylation sites (N-methyl/N-ethyl adjacent to an activating group) is 1. The summed E-state index contributed by atoms with van der Waals surface area (Å²) in [4.78, 5) is 34.5. The van der Waals surface area contributed by atoms with Crippen LogP contribution in [0.5, 0.6) is 0 Å². The Kier molecular flexibility index (Phi) is 5.97. The number of carbonyl (C=O) groups is 2. The number of hydrogen-bond donors (Lipinski definition) is 1. The smallest absolute Gasteiger partial charge is 0.256 e. The van der Waals surface area contributed by atoms with Gasteiger partial charge in [-0.15, -0.1) is 22.7 Å². The van der Waals surface area contributed by atoms with Gasteiger partial charge >= 0.3 is 0 Å². The van der Waals surface area contributed by atoms with Crippen molar-refractivity contribution in [1.82, 2.24) is 9.88 Å². The number of thiazole rings is 1. The standard InChI is InChI=1S/C29H23N3O2S2/c1-32-16-15-21-24(17-32)36-29(25(21)28-30-22-9-5-6-10-23(22)35-28)31-27(34)20-13-11-19(12-14-20)26(33)18-7-3-2-4-8-18/h2-14H,15-17H2,1H3,(H,31,34). The zero-order valence-electron chi connectivity index (χ0n) is 19.7. The number of nitrogens with one attached hydrogen (secondary N) is 1. The first-order valence-electron chi connectivity index (χ1n) is 11.8. The number of para-hydroxylation sites is 1. The van der Waals surface area contributed by atoms with Crippen molar-refractivity contribution in [2.45, 2.75) is 13.0 Å². The van der Waals surface area contributed by atoms with E-state index in [0.29, 0.717) is 16.7 Å². The SMILES string of the molecule is CN1CCc2c(sc(NC(=O)c3ccc(C(=O)c4ccccc4)cc3)c2-c2nc3ccccc3s2)C1. The number of fused-ring (bicyclic) bond motifs is 2. The van der Waals surface area contributed by atoms with Crippen molar-refractivity contribution in [2.75, 3.05) is 18.9 Å². The second-order valence-electron chi connectivity index (χ2n) is 8.91. The van der Waals surface area contributed by atoms with Crippen LogP contribution in [-0.4, -0.2) is 35.2 Å². The molecule has 0 atom stereocenters. The second kappa shape index (κ2) is 9.43. The number of aromatic nitrogens is 1. The summed E-state index contributed by atoms with van der Waals surface area (Å²) in [6.45, 7) is 1.84. The van der Waals surface area contributed by atoms with Crippen molar-refractivity contribution in [2.24, 2.45) is 0 Å². The number of rotatable bonds is 5. The molecule has 2 aromatic heterocycles. The maximum Gasteiger partial charge on any atom is 0.256 e. The van der Waals surface area contributed by atoms with Crippen LogP contribution in [0, 0.1) is 0 Å². The molecular weight excluding hydrogens is 486 g/mol. The van der Waals surface area contributed by atoms with Gasteiger partial charge in [-0.1, -0.05) is 54.6 Å².